The summed E-state index contributed by atoms with van der Waals surface area (Å²) < 4.78 is 0. The quantitative estimate of drug-likeness (QED) is 0.371. The topological polar surface area (TPSA) is 58.4 Å². The van der Waals surface area contributed by atoms with Gasteiger partial charge >= 0.3 is 0 Å². The van der Waals surface area contributed by atoms with E-state index in [0.717, 1.165) is 24.9 Å². The van der Waals surface area contributed by atoms with Crippen molar-refractivity contribution in [2.24, 2.45) is 23.1 Å². The van der Waals surface area contributed by atoms with E-state index in [9.17, 15) is 4.79 Å². The van der Waals surface area contributed by atoms with Crippen molar-refractivity contribution in [3.05, 3.63) is 0 Å². The van der Waals surface area contributed by atoms with E-state index in [1.54, 1.807) is 0 Å². The van der Waals surface area contributed by atoms with Crippen LogP contribution in [0.4, 0.5) is 0 Å². The fraction of sp³-hybridized carbons (Fsp3) is 0.900. The highest BCUT2D eigenvalue weighted by Gasteiger charge is 2.62. The smallest absolute Gasteiger partial charge is 0.250 e. The first-order chi connectivity index (χ1) is 6.48. The third-order valence-corrected chi connectivity index (χ3v) is 4.22. The summed E-state index contributed by atoms with van der Waals surface area (Å²) in [6, 6.07) is -0.0800. The maximum Gasteiger partial charge on any atom is 0.250 e. The molecular formula is C10H19N3O. The standard InChI is InChI=1S/C10H19N3O/c1-6(9(14)12-11)13-4-7-8(5-13)10(7,2)3/h6-8H,4-5,11H2,1-3H3,(H,12,14). The van der Waals surface area contributed by atoms with Gasteiger partial charge in [-0.2, -0.15) is 0 Å². The molecule has 2 rings (SSSR count). The molecule has 1 saturated carbocycles. The second kappa shape index (κ2) is 2.94. The van der Waals surface area contributed by atoms with Crippen molar-refractivity contribution in [3.63, 3.8) is 0 Å². The van der Waals surface area contributed by atoms with Crippen LogP contribution in [0.1, 0.15) is 20.8 Å². The lowest BCUT2D eigenvalue weighted by molar-refractivity contribution is -0.125. The van der Waals surface area contributed by atoms with Crippen LogP contribution in [0, 0.1) is 17.3 Å². The molecule has 1 saturated heterocycles. The summed E-state index contributed by atoms with van der Waals surface area (Å²) in [5.74, 6) is 6.61. The van der Waals surface area contributed by atoms with Gasteiger partial charge in [0.2, 0.25) is 0 Å². The van der Waals surface area contributed by atoms with Gasteiger partial charge in [0, 0.05) is 13.1 Å². The number of hydrogen-bond donors (Lipinski definition) is 2. The second-order valence-electron chi connectivity index (χ2n) is 5.17. The van der Waals surface area contributed by atoms with E-state index in [1.165, 1.54) is 0 Å². The zero-order valence-electron chi connectivity index (χ0n) is 9.08. The van der Waals surface area contributed by atoms with Gasteiger partial charge in [0.25, 0.3) is 5.91 Å². The van der Waals surface area contributed by atoms with E-state index < -0.39 is 0 Å². The maximum absolute atomic E-state index is 11.3. The Morgan fingerprint density at radius 3 is 2.43 bits per heavy atom. The van der Waals surface area contributed by atoms with Gasteiger partial charge < -0.3 is 0 Å². The number of rotatable bonds is 2. The van der Waals surface area contributed by atoms with Crippen molar-refractivity contribution in [1.82, 2.24) is 10.3 Å². The minimum Gasteiger partial charge on any atom is -0.293 e. The fourth-order valence-corrected chi connectivity index (χ4v) is 2.77. The third-order valence-electron chi connectivity index (χ3n) is 4.22. The van der Waals surface area contributed by atoms with Crippen LogP contribution in [0.2, 0.25) is 0 Å². The van der Waals surface area contributed by atoms with Gasteiger partial charge in [-0.15, -0.1) is 0 Å². The summed E-state index contributed by atoms with van der Waals surface area (Å²) in [6.07, 6.45) is 0. The molecule has 4 heteroatoms. The Kier molecular flexibility index (Phi) is 2.08. The van der Waals surface area contributed by atoms with Crippen LogP contribution in [0.5, 0.6) is 0 Å². The Bertz CT molecular complexity index is 250. The summed E-state index contributed by atoms with van der Waals surface area (Å²) in [7, 11) is 0. The van der Waals surface area contributed by atoms with E-state index >= 15 is 0 Å². The average molecular weight is 197 g/mol. The molecule has 0 aromatic heterocycles. The first kappa shape index (κ1) is 9.93. The van der Waals surface area contributed by atoms with Gasteiger partial charge in [-0.25, -0.2) is 5.84 Å². The van der Waals surface area contributed by atoms with Crippen LogP contribution in [-0.4, -0.2) is 29.9 Å². The number of hydrazine groups is 1. The lowest BCUT2D eigenvalue weighted by Gasteiger charge is -2.26. The molecule has 0 spiro atoms. The molecule has 1 aliphatic heterocycles. The van der Waals surface area contributed by atoms with Crippen molar-refractivity contribution in [3.8, 4) is 0 Å². The second-order valence-corrected chi connectivity index (χ2v) is 5.17. The van der Waals surface area contributed by atoms with Crippen molar-refractivity contribution in [2.75, 3.05) is 13.1 Å². The van der Waals surface area contributed by atoms with Crippen LogP contribution < -0.4 is 11.3 Å². The Labute approximate surface area is 84.8 Å². The summed E-state index contributed by atoms with van der Waals surface area (Å²) in [5.41, 5.74) is 2.72. The van der Waals surface area contributed by atoms with Gasteiger partial charge in [0.05, 0.1) is 6.04 Å². The number of nitrogens with two attached hydrogens (primary N) is 1. The average Bonchev–Trinajstić information content (AvgIpc) is 2.60. The molecule has 4 nitrogen and oxygen atoms in total. The zero-order valence-corrected chi connectivity index (χ0v) is 9.08. The minimum absolute atomic E-state index is 0.0795. The first-order valence-corrected chi connectivity index (χ1v) is 5.23. The SMILES string of the molecule is CC(C(=O)NN)N1CC2C(C1)C2(C)C. The lowest BCUT2D eigenvalue weighted by atomic mass is 10.1. The summed E-state index contributed by atoms with van der Waals surface area (Å²) >= 11 is 0. The largest absolute Gasteiger partial charge is 0.293 e. The van der Waals surface area contributed by atoms with Crippen LogP contribution in [0.25, 0.3) is 0 Å². The molecule has 0 aromatic carbocycles. The van der Waals surface area contributed by atoms with Crippen LogP contribution in [0.3, 0.4) is 0 Å². The normalized spacial score (nSPS) is 36.3. The van der Waals surface area contributed by atoms with E-state index in [-0.39, 0.29) is 11.9 Å². The summed E-state index contributed by atoms with van der Waals surface area (Å²) in [4.78, 5) is 13.5. The number of nitrogens with one attached hydrogen (secondary N) is 1. The summed E-state index contributed by atoms with van der Waals surface area (Å²) in [6.45, 7) is 8.64. The molecule has 1 heterocycles. The monoisotopic (exact) mass is 197 g/mol. The van der Waals surface area contributed by atoms with E-state index in [0.29, 0.717) is 5.41 Å². The van der Waals surface area contributed by atoms with Crippen molar-refractivity contribution in [1.29, 1.82) is 0 Å². The first-order valence-electron chi connectivity index (χ1n) is 5.23. The molecule has 2 aliphatic rings. The molecular weight excluding hydrogens is 178 g/mol. The highest BCUT2D eigenvalue weighted by Crippen LogP contribution is 2.62. The predicted octanol–water partition coefficient (Wildman–Crippen LogP) is -0.0474. The third kappa shape index (κ3) is 1.25. The Morgan fingerprint density at radius 2 is 2.00 bits per heavy atom. The van der Waals surface area contributed by atoms with Gasteiger partial charge in [-0.1, -0.05) is 13.8 Å². The lowest BCUT2D eigenvalue weighted by Crippen LogP contribution is -2.47. The number of carbonyl (C=O) groups excluding carboxylic acids is 1. The molecule has 2 fully saturated rings. The predicted molar refractivity (Wildman–Crippen MR) is 54.1 cm³/mol. The van der Waals surface area contributed by atoms with E-state index in [4.69, 9.17) is 5.84 Å². The van der Waals surface area contributed by atoms with E-state index in [1.807, 2.05) is 6.92 Å². The number of amides is 1. The Balaban J connectivity index is 1.91. The molecule has 3 N–H and O–H groups in total. The van der Waals surface area contributed by atoms with Crippen molar-refractivity contribution in [2.45, 2.75) is 26.8 Å². The molecule has 1 aliphatic carbocycles. The molecule has 3 unspecified atom stereocenters. The van der Waals surface area contributed by atoms with Gasteiger partial charge in [-0.05, 0) is 24.2 Å². The number of nitrogens with zero attached hydrogens (tertiary/aromatic N) is 1. The Hall–Kier alpha value is -0.610. The zero-order chi connectivity index (χ0) is 10.5. The van der Waals surface area contributed by atoms with E-state index in [2.05, 4.69) is 24.2 Å². The van der Waals surface area contributed by atoms with Gasteiger partial charge in [-0.3, -0.25) is 15.1 Å². The van der Waals surface area contributed by atoms with Crippen molar-refractivity contribution >= 4 is 5.91 Å². The van der Waals surface area contributed by atoms with Crippen LogP contribution in [0.15, 0.2) is 0 Å². The Morgan fingerprint density at radius 1 is 1.50 bits per heavy atom. The van der Waals surface area contributed by atoms with Gasteiger partial charge in [0.15, 0.2) is 0 Å². The molecule has 1 amide bonds. The number of carbonyl (C=O) groups is 1. The fourth-order valence-electron chi connectivity index (χ4n) is 2.77. The number of likely N-dealkylation sites (tertiary alicyclic amines) is 1. The molecule has 80 valence electrons. The maximum atomic E-state index is 11.3. The minimum atomic E-state index is -0.0800. The number of hydrogen-bond acceptors (Lipinski definition) is 3. The number of fused-ring (bicyclic) bond motifs is 1. The molecule has 0 radical (unpaired) electrons. The highest BCUT2D eigenvalue weighted by atomic mass is 16.2. The molecule has 3 atom stereocenters. The highest BCUT2D eigenvalue weighted by molar-refractivity contribution is 5.80. The molecule has 0 aromatic rings. The van der Waals surface area contributed by atoms with Crippen LogP contribution >= 0.6 is 0 Å². The van der Waals surface area contributed by atoms with Crippen molar-refractivity contribution < 1.29 is 4.79 Å². The van der Waals surface area contributed by atoms with Crippen LogP contribution in [-0.2, 0) is 4.79 Å². The number of piperidine rings is 1. The van der Waals surface area contributed by atoms with Gasteiger partial charge in [0.1, 0.15) is 0 Å². The molecule has 14 heavy (non-hydrogen) atoms. The molecule has 0 bridgehead atoms. The summed E-state index contributed by atoms with van der Waals surface area (Å²) in [5, 5.41) is 0.